The maximum Gasteiger partial charge on any atom is 0.335 e. The van der Waals surface area contributed by atoms with E-state index in [2.05, 4.69) is 32.0 Å². The first-order valence-electron chi connectivity index (χ1n) is 8.13. The summed E-state index contributed by atoms with van der Waals surface area (Å²) in [6.45, 7) is 5.71. The van der Waals surface area contributed by atoms with Crippen LogP contribution in [0.3, 0.4) is 0 Å². The molecule has 0 aliphatic carbocycles. The van der Waals surface area contributed by atoms with Crippen LogP contribution >= 0.6 is 0 Å². The van der Waals surface area contributed by atoms with Crippen LogP contribution in [-0.4, -0.2) is 17.7 Å². The molecule has 1 N–H and O–H groups in total. The van der Waals surface area contributed by atoms with Gasteiger partial charge in [-0.15, -0.1) is 0 Å². The van der Waals surface area contributed by atoms with Gasteiger partial charge in [-0.25, -0.2) is 4.79 Å². The molecule has 0 radical (unpaired) electrons. The van der Waals surface area contributed by atoms with Gasteiger partial charge in [0.1, 0.15) is 0 Å². The fraction of sp³-hybridized carbons (Fsp3) is 0.350. The molecule has 0 atom stereocenters. The maximum atomic E-state index is 10.9. The number of carboxylic acids is 1. The third-order valence-corrected chi connectivity index (χ3v) is 3.89. The summed E-state index contributed by atoms with van der Waals surface area (Å²) in [5.41, 5.74) is 4.80. The van der Waals surface area contributed by atoms with Gasteiger partial charge in [-0.3, -0.25) is 0 Å². The lowest BCUT2D eigenvalue weighted by Gasteiger charge is -2.10. The van der Waals surface area contributed by atoms with E-state index in [1.165, 1.54) is 24.0 Å². The number of rotatable bonds is 8. The average molecular weight is 312 g/mol. The Labute approximate surface area is 137 Å². The molecule has 0 aliphatic rings. The summed E-state index contributed by atoms with van der Waals surface area (Å²) in [5.74, 6) is -0.899. The number of aryl methyl sites for hydroxylation is 1. The molecule has 0 saturated heterocycles. The lowest BCUT2D eigenvalue weighted by molar-refractivity contribution is 0.0697. The second kappa shape index (κ2) is 8.49. The van der Waals surface area contributed by atoms with Crippen LogP contribution in [-0.2, 0) is 11.3 Å². The van der Waals surface area contributed by atoms with Crippen molar-refractivity contribution < 1.29 is 14.6 Å². The van der Waals surface area contributed by atoms with E-state index >= 15 is 0 Å². The molecule has 0 unspecified atom stereocenters. The highest BCUT2D eigenvalue weighted by Gasteiger charge is 2.06. The molecule has 0 saturated carbocycles. The van der Waals surface area contributed by atoms with Gasteiger partial charge in [-0.05, 0) is 47.7 Å². The average Bonchev–Trinajstić information content (AvgIpc) is 2.55. The summed E-state index contributed by atoms with van der Waals surface area (Å²) in [7, 11) is 0. The quantitative estimate of drug-likeness (QED) is 0.692. The van der Waals surface area contributed by atoms with Gasteiger partial charge >= 0.3 is 5.97 Å². The second-order valence-electron chi connectivity index (χ2n) is 5.79. The summed E-state index contributed by atoms with van der Waals surface area (Å²) < 4.78 is 5.70. The molecule has 3 nitrogen and oxygen atoms in total. The highest BCUT2D eigenvalue weighted by atomic mass is 16.5. The van der Waals surface area contributed by atoms with Crippen LogP contribution in [0.1, 0.15) is 47.7 Å². The van der Waals surface area contributed by atoms with Crippen molar-refractivity contribution in [2.45, 2.75) is 39.7 Å². The van der Waals surface area contributed by atoms with E-state index in [-0.39, 0.29) is 0 Å². The fourth-order valence-corrected chi connectivity index (χ4v) is 2.58. The molecule has 0 amide bonds. The van der Waals surface area contributed by atoms with Crippen LogP contribution in [0.25, 0.3) is 11.1 Å². The van der Waals surface area contributed by atoms with E-state index in [0.29, 0.717) is 12.2 Å². The molecular formula is C20H24O3. The zero-order chi connectivity index (χ0) is 16.7. The van der Waals surface area contributed by atoms with Crippen molar-refractivity contribution in [1.82, 2.24) is 0 Å². The predicted octanol–water partition coefficient (Wildman–Crippen LogP) is 5.07. The third-order valence-electron chi connectivity index (χ3n) is 3.89. The number of hydrogen-bond donors (Lipinski definition) is 1. The number of carbonyl (C=O) groups is 1. The summed E-state index contributed by atoms with van der Waals surface area (Å²) in [6.07, 6.45) is 3.53. The summed E-state index contributed by atoms with van der Waals surface area (Å²) >= 11 is 0. The molecule has 122 valence electrons. The topological polar surface area (TPSA) is 46.5 Å². The van der Waals surface area contributed by atoms with Crippen LogP contribution in [0.15, 0.2) is 42.5 Å². The molecule has 0 aliphatic heterocycles. The number of benzene rings is 2. The highest BCUT2D eigenvalue weighted by molar-refractivity contribution is 5.88. The second-order valence-corrected chi connectivity index (χ2v) is 5.79. The maximum absolute atomic E-state index is 10.9. The number of unbranched alkanes of at least 4 members (excludes halogenated alkanes) is 2. The first-order valence-corrected chi connectivity index (χ1v) is 8.13. The van der Waals surface area contributed by atoms with Crippen molar-refractivity contribution in [1.29, 1.82) is 0 Å². The normalized spacial score (nSPS) is 10.7. The Hall–Kier alpha value is -2.13. The van der Waals surface area contributed by atoms with Crippen molar-refractivity contribution in [2.24, 2.45) is 0 Å². The summed E-state index contributed by atoms with van der Waals surface area (Å²) in [4.78, 5) is 10.9. The number of ether oxygens (including phenoxy) is 1. The third kappa shape index (κ3) is 4.93. The summed E-state index contributed by atoms with van der Waals surface area (Å²) in [5, 5.41) is 8.96. The Kier molecular flexibility index (Phi) is 6.36. The van der Waals surface area contributed by atoms with Gasteiger partial charge in [0.25, 0.3) is 0 Å². The number of hydrogen-bond acceptors (Lipinski definition) is 2. The Morgan fingerprint density at radius 2 is 1.83 bits per heavy atom. The Balaban J connectivity index is 2.02. The molecule has 0 aromatic heterocycles. The molecule has 0 heterocycles. The first kappa shape index (κ1) is 17.2. The van der Waals surface area contributed by atoms with Gasteiger partial charge in [0.15, 0.2) is 0 Å². The Bertz CT molecular complexity index is 644. The van der Waals surface area contributed by atoms with E-state index < -0.39 is 5.97 Å². The molecular weight excluding hydrogens is 288 g/mol. The zero-order valence-electron chi connectivity index (χ0n) is 13.8. The van der Waals surface area contributed by atoms with E-state index in [0.717, 1.165) is 24.2 Å². The highest BCUT2D eigenvalue weighted by Crippen LogP contribution is 2.25. The van der Waals surface area contributed by atoms with E-state index in [1.54, 1.807) is 12.1 Å². The predicted molar refractivity (Wildman–Crippen MR) is 92.8 cm³/mol. The van der Waals surface area contributed by atoms with Crippen LogP contribution in [0, 0.1) is 6.92 Å². The number of carboxylic acid groups (broad SMARTS) is 1. The van der Waals surface area contributed by atoms with Crippen molar-refractivity contribution >= 4 is 5.97 Å². The van der Waals surface area contributed by atoms with E-state index in [1.807, 2.05) is 12.1 Å². The fourth-order valence-electron chi connectivity index (χ4n) is 2.58. The smallest absolute Gasteiger partial charge is 0.335 e. The van der Waals surface area contributed by atoms with Gasteiger partial charge in [0.2, 0.25) is 0 Å². The van der Waals surface area contributed by atoms with E-state index in [4.69, 9.17) is 9.84 Å². The summed E-state index contributed by atoms with van der Waals surface area (Å²) in [6, 6.07) is 13.3. The SMILES string of the molecule is CCCCCOCc1ccc(-c2ccc(C(=O)O)cc2)c(C)c1. The molecule has 2 rings (SSSR count). The van der Waals surface area contributed by atoms with Crippen molar-refractivity contribution in [3.63, 3.8) is 0 Å². The number of aromatic carboxylic acids is 1. The standard InChI is InChI=1S/C20H24O3/c1-3-4-5-12-23-14-16-6-11-19(15(2)13-16)17-7-9-18(10-8-17)20(21)22/h6-11,13H,3-5,12,14H2,1-2H3,(H,21,22). The van der Waals surface area contributed by atoms with Gasteiger partial charge in [-0.2, -0.15) is 0 Å². The minimum Gasteiger partial charge on any atom is -0.478 e. The minimum absolute atomic E-state index is 0.309. The zero-order valence-corrected chi connectivity index (χ0v) is 13.8. The van der Waals surface area contributed by atoms with E-state index in [9.17, 15) is 4.79 Å². The Morgan fingerprint density at radius 3 is 2.43 bits per heavy atom. The lowest BCUT2D eigenvalue weighted by atomic mass is 9.98. The van der Waals surface area contributed by atoms with Gasteiger partial charge in [-0.1, -0.05) is 50.1 Å². The van der Waals surface area contributed by atoms with Crippen molar-refractivity contribution in [3.05, 3.63) is 59.2 Å². The molecule has 2 aromatic rings. The van der Waals surface area contributed by atoms with Crippen molar-refractivity contribution in [2.75, 3.05) is 6.61 Å². The molecule has 2 aromatic carbocycles. The molecule has 23 heavy (non-hydrogen) atoms. The monoisotopic (exact) mass is 312 g/mol. The van der Waals surface area contributed by atoms with Crippen LogP contribution in [0.2, 0.25) is 0 Å². The molecule has 0 fully saturated rings. The van der Waals surface area contributed by atoms with Gasteiger partial charge in [0.05, 0.1) is 12.2 Å². The minimum atomic E-state index is -0.899. The van der Waals surface area contributed by atoms with Crippen LogP contribution < -0.4 is 0 Å². The van der Waals surface area contributed by atoms with Crippen molar-refractivity contribution in [3.8, 4) is 11.1 Å². The van der Waals surface area contributed by atoms with Crippen LogP contribution in [0.4, 0.5) is 0 Å². The Morgan fingerprint density at radius 1 is 1.09 bits per heavy atom. The van der Waals surface area contributed by atoms with Crippen LogP contribution in [0.5, 0.6) is 0 Å². The lowest BCUT2D eigenvalue weighted by Crippen LogP contribution is -1.97. The van der Waals surface area contributed by atoms with Gasteiger partial charge in [0, 0.05) is 6.61 Å². The molecule has 0 spiro atoms. The largest absolute Gasteiger partial charge is 0.478 e. The molecule has 3 heteroatoms. The molecule has 0 bridgehead atoms. The van der Waals surface area contributed by atoms with Gasteiger partial charge < -0.3 is 9.84 Å². The first-order chi connectivity index (χ1) is 11.1.